The molecule has 2 nitrogen and oxygen atoms in total. The monoisotopic (exact) mass is 301 g/mol. The molecular formula is C15H12BrNO. The lowest BCUT2D eigenvalue weighted by atomic mass is 10.1. The van der Waals surface area contributed by atoms with Crippen LogP contribution in [0.2, 0.25) is 0 Å². The number of nitrogens with zero attached hydrogens (tertiary/aromatic N) is 1. The molecule has 0 radical (unpaired) electrons. The first-order valence-corrected chi connectivity index (χ1v) is 6.57. The third-order valence-corrected chi connectivity index (χ3v) is 3.55. The standard InChI is InChI=1S/C15H12BrNO/c1-9-7-12(16)14-13(8-9)17-15(18-14)11-6-4-3-5-10(11)2/h3-8H,1-2H3. The quantitative estimate of drug-likeness (QED) is 0.640. The summed E-state index contributed by atoms with van der Waals surface area (Å²) >= 11 is 3.52. The highest BCUT2D eigenvalue weighted by molar-refractivity contribution is 9.10. The van der Waals surface area contributed by atoms with Gasteiger partial charge in [-0.2, -0.15) is 0 Å². The van der Waals surface area contributed by atoms with Gasteiger partial charge < -0.3 is 4.42 Å². The van der Waals surface area contributed by atoms with Crippen molar-refractivity contribution in [3.63, 3.8) is 0 Å². The van der Waals surface area contributed by atoms with Gasteiger partial charge in [-0.15, -0.1) is 0 Å². The Bertz CT molecular complexity index is 730. The number of hydrogen-bond donors (Lipinski definition) is 0. The molecule has 3 rings (SSSR count). The van der Waals surface area contributed by atoms with Crippen molar-refractivity contribution in [3.05, 3.63) is 52.0 Å². The lowest BCUT2D eigenvalue weighted by Gasteiger charge is -1.98. The first kappa shape index (κ1) is 11.5. The predicted octanol–water partition coefficient (Wildman–Crippen LogP) is 4.87. The van der Waals surface area contributed by atoms with Crippen LogP contribution in [0.3, 0.4) is 0 Å². The van der Waals surface area contributed by atoms with Crippen molar-refractivity contribution in [2.24, 2.45) is 0 Å². The van der Waals surface area contributed by atoms with Crippen molar-refractivity contribution >= 4 is 27.0 Å². The van der Waals surface area contributed by atoms with E-state index < -0.39 is 0 Å². The SMILES string of the molecule is Cc1cc(Br)c2oc(-c3ccccc3C)nc2c1. The summed E-state index contributed by atoms with van der Waals surface area (Å²) in [5.41, 5.74) is 5.06. The number of aryl methyl sites for hydroxylation is 2. The summed E-state index contributed by atoms with van der Waals surface area (Å²) in [6.07, 6.45) is 0. The van der Waals surface area contributed by atoms with Crippen LogP contribution < -0.4 is 0 Å². The Morgan fingerprint density at radius 2 is 1.89 bits per heavy atom. The molecule has 0 saturated carbocycles. The van der Waals surface area contributed by atoms with Crippen molar-refractivity contribution in [3.8, 4) is 11.5 Å². The van der Waals surface area contributed by atoms with Gasteiger partial charge in [-0.3, -0.25) is 0 Å². The Morgan fingerprint density at radius 3 is 2.67 bits per heavy atom. The van der Waals surface area contributed by atoms with E-state index in [4.69, 9.17) is 4.42 Å². The molecule has 0 fully saturated rings. The summed E-state index contributed by atoms with van der Waals surface area (Å²) < 4.78 is 6.81. The molecule has 1 heterocycles. The van der Waals surface area contributed by atoms with E-state index in [9.17, 15) is 0 Å². The fourth-order valence-electron chi connectivity index (χ4n) is 2.05. The van der Waals surface area contributed by atoms with Gasteiger partial charge in [0, 0.05) is 5.56 Å². The van der Waals surface area contributed by atoms with Crippen LogP contribution >= 0.6 is 15.9 Å². The molecule has 0 unspecified atom stereocenters. The van der Waals surface area contributed by atoms with E-state index >= 15 is 0 Å². The second-order valence-corrected chi connectivity index (χ2v) is 5.28. The van der Waals surface area contributed by atoms with Crippen LogP contribution in [0.4, 0.5) is 0 Å². The average molecular weight is 302 g/mol. The molecule has 0 N–H and O–H groups in total. The summed E-state index contributed by atoms with van der Waals surface area (Å²) in [6.45, 7) is 4.11. The first-order chi connectivity index (χ1) is 8.65. The van der Waals surface area contributed by atoms with E-state index in [-0.39, 0.29) is 0 Å². The number of rotatable bonds is 1. The average Bonchev–Trinajstić information content (AvgIpc) is 2.73. The zero-order valence-electron chi connectivity index (χ0n) is 10.2. The molecular weight excluding hydrogens is 290 g/mol. The van der Waals surface area contributed by atoms with E-state index in [2.05, 4.69) is 33.9 Å². The molecule has 0 aliphatic carbocycles. The predicted molar refractivity (Wildman–Crippen MR) is 76.6 cm³/mol. The van der Waals surface area contributed by atoms with Crippen LogP contribution in [0, 0.1) is 13.8 Å². The van der Waals surface area contributed by atoms with Crippen LogP contribution in [0.25, 0.3) is 22.6 Å². The Balaban J connectivity index is 2.26. The molecule has 90 valence electrons. The van der Waals surface area contributed by atoms with Crippen LogP contribution in [-0.4, -0.2) is 4.98 Å². The van der Waals surface area contributed by atoms with E-state index in [0.29, 0.717) is 5.89 Å². The Kier molecular flexibility index (Phi) is 2.71. The van der Waals surface area contributed by atoms with E-state index in [0.717, 1.165) is 26.7 Å². The maximum Gasteiger partial charge on any atom is 0.227 e. The third-order valence-electron chi connectivity index (χ3n) is 2.96. The molecule has 0 aliphatic heterocycles. The number of hydrogen-bond acceptors (Lipinski definition) is 2. The minimum atomic E-state index is 0.675. The van der Waals surface area contributed by atoms with Gasteiger partial charge in [-0.25, -0.2) is 4.98 Å². The second kappa shape index (κ2) is 4.25. The summed E-state index contributed by atoms with van der Waals surface area (Å²) in [7, 11) is 0. The second-order valence-electron chi connectivity index (χ2n) is 4.43. The highest BCUT2D eigenvalue weighted by Crippen LogP contribution is 2.31. The van der Waals surface area contributed by atoms with Crippen LogP contribution in [0.1, 0.15) is 11.1 Å². The number of benzene rings is 2. The van der Waals surface area contributed by atoms with Crippen molar-refractivity contribution < 1.29 is 4.42 Å². The third kappa shape index (κ3) is 1.85. The Hall–Kier alpha value is -1.61. The number of halogens is 1. The summed E-state index contributed by atoms with van der Waals surface area (Å²) in [4.78, 5) is 4.57. The highest BCUT2D eigenvalue weighted by Gasteiger charge is 2.12. The van der Waals surface area contributed by atoms with E-state index in [1.807, 2.05) is 37.3 Å². The zero-order valence-corrected chi connectivity index (χ0v) is 11.8. The van der Waals surface area contributed by atoms with Crippen LogP contribution in [0.5, 0.6) is 0 Å². The van der Waals surface area contributed by atoms with E-state index in [1.54, 1.807) is 0 Å². The zero-order chi connectivity index (χ0) is 12.7. The Labute approximate surface area is 114 Å². The first-order valence-electron chi connectivity index (χ1n) is 5.78. The molecule has 0 aliphatic rings. The number of oxazole rings is 1. The molecule has 0 saturated heterocycles. The number of aromatic nitrogens is 1. The molecule has 1 aromatic heterocycles. The largest absolute Gasteiger partial charge is 0.435 e. The lowest BCUT2D eigenvalue weighted by molar-refractivity contribution is 0.617. The summed E-state index contributed by atoms with van der Waals surface area (Å²) in [5, 5.41) is 0. The summed E-state index contributed by atoms with van der Waals surface area (Å²) in [5.74, 6) is 0.675. The highest BCUT2D eigenvalue weighted by atomic mass is 79.9. The topological polar surface area (TPSA) is 26.0 Å². The molecule has 3 aromatic rings. The minimum absolute atomic E-state index is 0.675. The molecule has 18 heavy (non-hydrogen) atoms. The van der Waals surface area contributed by atoms with Gasteiger partial charge in [0.1, 0.15) is 5.52 Å². The maximum absolute atomic E-state index is 5.86. The number of fused-ring (bicyclic) bond motifs is 1. The fraction of sp³-hybridized carbons (Fsp3) is 0.133. The molecule has 0 spiro atoms. The van der Waals surface area contributed by atoms with Gasteiger partial charge in [-0.05, 0) is 59.1 Å². The van der Waals surface area contributed by atoms with Crippen LogP contribution in [-0.2, 0) is 0 Å². The van der Waals surface area contributed by atoms with Gasteiger partial charge in [-0.1, -0.05) is 18.2 Å². The van der Waals surface area contributed by atoms with Gasteiger partial charge in [0.2, 0.25) is 5.89 Å². The van der Waals surface area contributed by atoms with Gasteiger partial charge >= 0.3 is 0 Å². The van der Waals surface area contributed by atoms with Crippen molar-refractivity contribution in [2.45, 2.75) is 13.8 Å². The Morgan fingerprint density at radius 1 is 1.11 bits per heavy atom. The fourth-order valence-corrected chi connectivity index (χ4v) is 2.70. The minimum Gasteiger partial charge on any atom is -0.435 e. The molecule has 0 bridgehead atoms. The molecule has 2 aromatic carbocycles. The summed E-state index contributed by atoms with van der Waals surface area (Å²) in [6, 6.07) is 12.2. The molecule has 3 heteroatoms. The van der Waals surface area contributed by atoms with Crippen LogP contribution in [0.15, 0.2) is 45.3 Å². The molecule has 0 amide bonds. The normalized spacial score (nSPS) is 11.1. The van der Waals surface area contributed by atoms with Gasteiger partial charge in [0.15, 0.2) is 5.58 Å². The maximum atomic E-state index is 5.86. The smallest absolute Gasteiger partial charge is 0.227 e. The van der Waals surface area contributed by atoms with Crippen molar-refractivity contribution in [1.82, 2.24) is 4.98 Å². The lowest BCUT2D eigenvalue weighted by Crippen LogP contribution is -1.81. The van der Waals surface area contributed by atoms with Crippen molar-refractivity contribution in [2.75, 3.05) is 0 Å². The van der Waals surface area contributed by atoms with E-state index in [1.165, 1.54) is 5.56 Å². The molecule has 0 atom stereocenters. The van der Waals surface area contributed by atoms with Gasteiger partial charge in [0.25, 0.3) is 0 Å². The van der Waals surface area contributed by atoms with Crippen molar-refractivity contribution in [1.29, 1.82) is 0 Å². The van der Waals surface area contributed by atoms with Gasteiger partial charge in [0.05, 0.1) is 4.47 Å².